The SMILES string of the molecule is CSc1cc(N)c(F)cc1C#N. The van der Waals surface area contributed by atoms with Crippen molar-refractivity contribution < 1.29 is 4.39 Å². The third-order valence-electron chi connectivity index (χ3n) is 1.44. The number of hydrogen-bond donors (Lipinski definition) is 1. The summed E-state index contributed by atoms with van der Waals surface area (Å²) in [5.41, 5.74) is 5.73. The highest BCUT2D eigenvalue weighted by atomic mass is 32.2. The van der Waals surface area contributed by atoms with Gasteiger partial charge in [0.1, 0.15) is 11.9 Å². The molecule has 0 bridgehead atoms. The highest BCUT2D eigenvalue weighted by molar-refractivity contribution is 7.98. The first kappa shape index (κ1) is 8.88. The lowest BCUT2D eigenvalue weighted by atomic mass is 10.2. The minimum Gasteiger partial charge on any atom is -0.396 e. The van der Waals surface area contributed by atoms with Crippen LogP contribution in [0.5, 0.6) is 0 Å². The van der Waals surface area contributed by atoms with Gasteiger partial charge in [0.25, 0.3) is 0 Å². The molecule has 2 N–H and O–H groups in total. The number of hydrogen-bond acceptors (Lipinski definition) is 3. The van der Waals surface area contributed by atoms with Gasteiger partial charge in [-0.05, 0) is 18.4 Å². The molecule has 0 atom stereocenters. The Morgan fingerprint density at radius 3 is 2.75 bits per heavy atom. The van der Waals surface area contributed by atoms with Gasteiger partial charge in [-0.25, -0.2) is 4.39 Å². The maximum Gasteiger partial charge on any atom is 0.147 e. The van der Waals surface area contributed by atoms with Crippen molar-refractivity contribution in [3.63, 3.8) is 0 Å². The van der Waals surface area contributed by atoms with Gasteiger partial charge >= 0.3 is 0 Å². The van der Waals surface area contributed by atoms with Crippen LogP contribution in [-0.2, 0) is 0 Å². The number of thioether (sulfide) groups is 1. The highest BCUT2D eigenvalue weighted by Crippen LogP contribution is 2.24. The van der Waals surface area contributed by atoms with Crippen LogP contribution >= 0.6 is 11.8 Å². The summed E-state index contributed by atoms with van der Waals surface area (Å²) in [4.78, 5) is 0.705. The Kier molecular flexibility index (Phi) is 2.56. The van der Waals surface area contributed by atoms with Gasteiger partial charge in [0.05, 0.1) is 11.3 Å². The number of nitrogens with two attached hydrogens (primary N) is 1. The van der Waals surface area contributed by atoms with Crippen LogP contribution in [0.1, 0.15) is 5.56 Å². The molecular weight excluding hydrogens is 175 g/mol. The van der Waals surface area contributed by atoms with Crippen molar-refractivity contribution in [3.05, 3.63) is 23.5 Å². The molecule has 4 heteroatoms. The molecule has 0 radical (unpaired) electrons. The number of anilines is 1. The lowest BCUT2D eigenvalue weighted by Gasteiger charge is -2.01. The Morgan fingerprint density at radius 2 is 2.25 bits per heavy atom. The monoisotopic (exact) mass is 182 g/mol. The summed E-state index contributed by atoms with van der Waals surface area (Å²) in [6.07, 6.45) is 1.81. The zero-order valence-electron chi connectivity index (χ0n) is 6.47. The molecule has 0 saturated carbocycles. The highest BCUT2D eigenvalue weighted by Gasteiger charge is 2.05. The van der Waals surface area contributed by atoms with Crippen LogP contribution < -0.4 is 5.73 Å². The van der Waals surface area contributed by atoms with Crippen molar-refractivity contribution in [1.82, 2.24) is 0 Å². The molecule has 0 saturated heterocycles. The summed E-state index contributed by atoms with van der Waals surface area (Å²) < 4.78 is 12.8. The van der Waals surface area contributed by atoms with E-state index in [-0.39, 0.29) is 5.69 Å². The molecule has 0 fully saturated rings. The van der Waals surface area contributed by atoms with E-state index in [2.05, 4.69) is 0 Å². The van der Waals surface area contributed by atoms with Gasteiger partial charge < -0.3 is 5.73 Å². The predicted octanol–water partition coefficient (Wildman–Crippen LogP) is 2.00. The molecule has 0 aliphatic rings. The summed E-state index contributed by atoms with van der Waals surface area (Å²) in [5.74, 6) is -0.538. The average molecular weight is 182 g/mol. The van der Waals surface area contributed by atoms with E-state index in [1.165, 1.54) is 17.8 Å². The molecule has 1 rings (SSSR count). The standard InChI is InChI=1S/C8H7FN2S/c1-12-8-3-7(11)6(9)2-5(8)4-10/h2-3H,11H2,1H3. The Morgan fingerprint density at radius 1 is 1.58 bits per heavy atom. The lowest BCUT2D eigenvalue weighted by Crippen LogP contribution is -1.93. The number of nitriles is 1. The zero-order valence-corrected chi connectivity index (χ0v) is 7.28. The van der Waals surface area contributed by atoms with E-state index in [1.54, 1.807) is 0 Å². The van der Waals surface area contributed by atoms with Crippen LogP contribution in [-0.4, -0.2) is 6.26 Å². The molecule has 0 aliphatic carbocycles. The Balaban J connectivity index is 3.31. The normalized spacial score (nSPS) is 9.42. The smallest absolute Gasteiger partial charge is 0.147 e. The second-order valence-electron chi connectivity index (χ2n) is 2.19. The molecule has 1 aromatic rings. The van der Waals surface area contributed by atoms with Crippen LogP contribution in [0.2, 0.25) is 0 Å². The van der Waals surface area contributed by atoms with Gasteiger partial charge in [-0.2, -0.15) is 5.26 Å². The van der Waals surface area contributed by atoms with Crippen molar-refractivity contribution in [2.45, 2.75) is 4.90 Å². The van der Waals surface area contributed by atoms with Crippen molar-refractivity contribution in [3.8, 4) is 6.07 Å². The Hall–Kier alpha value is -1.21. The van der Waals surface area contributed by atoms with Crippen molar-refractivity contribution in [2.24, 2.45) is 0 Å². The van der Waals surface area contributed by atoms with E-state index < -0.39 is 5.82 Å². The van der Waals surface area contributed by atoms with E-state index in [9.17, 15) is 4.39 Å². The molecule has 2 nitrogen and oxygen atoms in total. The molecule has 0 spiro atoms. The van der Waals surface area contributed by atoms with E-state index in [1.807, 2.05) is 12.3 Å². The average Bonchev–Trinajstić information content (AvgIpc) is 2.09. The second-order valence-corrected chi connectivity index (χ2v) is 3.03. The van der Waals surface area contributed by atoms with Gasteiger partial charge in [0.2, 0.25) is 0 Å². The summed E-state index contributed by atoms with van der Waals surface area (Å²) >= 11 is 1.37. The molecule has 0 unspecified atom stereocenters. The van der Waals surface area contributed by atoms with Crippen LogP contribution in [0.4, 0.5) is 10.1 Å². The van der Waals surface area contributed by atoms with Gasteiger partial charge in [-0.1, -0.05) is 0 Å². The molecule has 12 heavy (non-hydrogen) atoms. The summed E-state index contributed by atoms with van der Waals surface area (Å²) in [5, 5.41) is 8.59. The summed E-state index contributed by atoms with van der Waals surface area (Å²) in [6, 6.07) is 4.52. The first-order chi connectivity index (χ1) is 5.69. The van der Waals surface area contributed by atoms with Gasteiger partial charge in [-0.15, -0.1) is 11.8 Å². The van der Waals surface area contributed by atoms with Crippen LogP contribution in [0, 0.1) is 17.1 Å². The molecule has 0 aromatic heterocycles. The summed E-state index contributed by atoms with van der Waals surface area (Å²) in [6.45, 7) is 0. The van der Waals surface area contributed by atoms with Gasteiger partial charge in [0.15, 0.2) is 0 Å². The minimum absolute atomic E-state index is 0.0818. The fourth-order valence-corrected chi connectivity index (χ4v) is 1.39. The third-order valence-corrected chi connectivity index (χ3v) is 2.22. The van der Waals surface area contributed by atoms with Gasteiger partial charge in [0, 0.05) is 4.90 Å². The summed E-state index contributed by atoms with van der Waals surface area (Å²) in [7, 11) is 0. The van der Waals surface area contributed by atoms with Gasteiger partial charge in [-0.3, -0.25) is 0 Å². The van der Waals surface area contributed by atoms with Crippen LogP contribution in [0.25, 0.3) is 0 Å². The predicted molar refractivity (Wildman–Crippen MR) is 47.3 cm³/mol. The van der Waals surface area contributed by atoms with Crippen LogP contribution in [0.3, 0.4) is 0 Å². The molecule has 0 amide bonds. The number of halogens is 1. The quantitative estimate of drug-likeness (QED) is 0.533. The largest absolute Gasteiger partial charge is 0.396 e. The fourth-order valence-electron chi connectivity index (χ4n) is 0.825. The van der Waals surface area contributed by atoms with Crippen molar-refractivity contribution in [1.29, 1.82) is 5.26 Å². The first-order valence-corrected chi connectivity index (χ1v) is 4.44. The molecular formula is C8H7FN2S. The second kappa shape index (κ2) is 3.46. The minimum atomic E-state index is -0.538. The molecule has 1 aromatic carbocycles. The maximum absolute atomic E-state index is 12.8. The molecule has 0 aliphatic heterocycles. The van der Waals surface area contributed by atoms with Crippen molar-refractivity contribution >= 4 is 17.4 Å². The van der Waals surface area contributed by atoms with E-state index in [4.69, 9.17) is 11.0 Å². The van der Waals surface area contributed by atoms with E-state index in [0.717, 1.165) is 6.07 Å². The number of nitrogen functional groups attached to an aromatic ring is 1. The van der Waals surface area contributed by atoms with Crippen LogP contribution in [0.15, 0.2) is 17.0 Å². The number of nitrogens with zero attached hydrogens (tertiary/aromatic N) is 1. The third kappa shape index (κ3) is 1.51. The molecule has 62 valence electrons. The maximum atomic E-state index is 12.8. The lowest BCUT2D eigenvalue weighted by molar-refractivity contribution is 0.631. The van der Waals surface area contributed by atoms with E-state index in [0.29, 0.717) is 10.5 Å². The first-order valence-electron chi connectivity index (χ1n) is 3.22. The Labute approximate surface area is 74.2 Å². The van der Waals surface area contributed by atoms with E-state index >= 15 is 0 Å². The number of benzene rings is 1. The Bertz CT molecular complexity index is 344. The molecule has 0 heterocycles. The topological polar surface area (TPSA) is 49.8 Å². The van der Waals surface area contributed by atoms with Crippen molar-refractivity contribution in [2.75, 3.05) is 12.0 Å². The zero-order chi connectivity index (χ0) is 9.14. The fraction of sp³-hybridized carbons (Fsp3) is 0.125. The number of rotatable bonds is 1.